The molecule has 0 aliphatic carbocycles. The van der Waals surface area contributed by atoms with Crippen molar-refractivity contribution in [3.8, 4) is 11.5 Å². The molecule has 0 heterocycles. The Bertz CT molecular complexity index is 736. The second kappa shape index (κ2) is 8.17. The second-order valence-electron chi connectivity index (χ2n) is 5.51. The van der Waals surface area contributed by atoms with Gasteiger partial charge < -0.3 is 9.47 Å². The topological polar surface area (TPSA) is 61.8 Å². The van der Waals surface area contributed by atoms with E-state index in [0.717, 1.165) is 28.9 Å². The normalized spacial score (nSPS) is 12.6. The molecule has 0 aromatic heterocycles. The molecule has 0 amide bonds. The fraction of sp³-hybridized carbons (Fsp3) is 0.333. The van der Waals surface area contributed by atoms with E-state index in [9.17, 15) is 8.42 Å². The van der Waals surface area contributed by atoms with E-state index in [1.165, 1.54) is 0 Å². The van der Waals surface area contributed by atoms with Crippen LogP contribution in [0.25, 0.3) is 0 Å². The third-order valence-electron chi connectivity index (χ3n) is 3.71. The fourth-order valence-electron chi connectivity index (χ4n) is 2.40. The van der Waals surface area contributed by atoms with Crippen molar-refractivity contribution in [2.45, 2.75) is 12.3 Å². The summed E-state index contributed by atoms with van der Waals surface area (Å²) in [6, 6.07) is 15.3. The van der Waals surface area contributed by atoms with Gasteiger partial charge in [0.05, 0.1) is 27.1 Å². The third-order valence-corrected chi connectivity index (χ3v) is 4.28. The van der Waals surface area contributed by atoms with Crippen molar-refractivity contribution in [1.82, 2.24) is 0 Å². The molecule has 0 aliphatic heterocycles. The van der Waals surface area contributed by atoms with E-state index >= 15 is 0 Å². The van der Waals surface area contributed by atoms with Crippen LogP contribution in [0.4, 0.5) is 0 Å². The molecule has 0 spiro atoms. The molecule has 130 valence electrons. The number of rotatable bonds is 8. The van der Waals surface area contributed by atoms with Crippen molar-refractivity contribution in [3.63, 3.8) is 0 Å². The van der Waals surface area contributed by atoms with E-state index in [1.54, 1.807) is 14.2 Å². The Hall–Kier alpha value is -2.05. The molecule has 2 rings (SSSR count). The first kappa shape index (κ1) is 18.3. The van der Waals surface area contributed by atoms with Crippen molar-refractivity contribution in [1.29, 1.82) is 0 Å². The van der Waals surface area contributed by atoms with E-state index in [1.807, 2.05) is 48.5 Å². The Balaban J connectivity index is 2.19. The van der Waals surface area contributed by atoms with Gasteiger partial charge in [0, 0.05) is 5.92 Å². The highest BCUT2D eigenvalue weighted by molar-refractivity contribution is 7.85. The molecule has 0 aliphatic rings. The summed E-state index contributed by atoms with van der Waals surface area (Å²) < 4.78 is 38.0. The maximum atomic E-state index is 11.3. The maximum absolute atomic E-state index is 11.3. The number of hydrogen-bond acceptors (Lipinski definition) is 5. The van der Waals surface area contributed by atoms with Crippen LogP contribution in [0.3, 0.4) is 0 Å². The van der Waals surface area contributed by atoms with Crippen molar-refractivity contribution in [3.05, 3.63) is 59.7 Å². The first-order valence-corrected chi connectivity index (χ1v) is 9.34. The summed E-state index contributed by atoms with van der Waals surface area (Å²) in [5, 5.41) is 0. The smallest absolute Gasteiger partial charge is 0.264 e. The molecule has 0 saturated carbocycles. The summed E-state index contributed by atoms with van der Waals surface area (Å²) in [6.45, 7) is 0.0944. The van der Waals surface area contributed by atoms with Gasteiger partial charge in [-0.2, -0.15) is 8.42 Å². The van der Waals surface area contributed by atoms with Gasteiger partial charge in [-0.05, 0) is 41.8 Å². The summed E-state index contributed by atoms with van der Waals surface area (Å²) in [4.78, 5) is 0. The highest BCUT2D eigenvalue weighted by Crippen LogP contribution is 2.25. The minimum atomic E-state index is -3.49. The fourth-order valence-corrected chi connectivity index (χ4v) is 2.81. The van der Waals surface area contributed by atoms with Crippen LogP contribution in [0.1, 0.15) is 17.0 Å². The molecule has 2 aromatic rings. The first-order chi connectivity index (χ1) is 11.4. The maximum Gasteiger partial charge on any atom is 0.264 e. The van der Waals surface area contributed by atoms with Crippen LogP contribution < -0.4 is 9.47 Å². The summed E-state index contributed by atoms with van der Waals surface area (Å²) in [7, 11) is -0.260. The van der Waals surface area contributed by atoms with Gasteiger partial charge >= 0.3 is 0 Å². The zero-order valence-corrected chi connectivity index (χ0v) is 14.9. The predicted molar refractivity (Wildman–Crippen MR) is 93.2 cm³/mol. The highest BCUT2D eigenvalue weighted by Gasteiger charge is 2.16. The lowest BCUT2D eigenvalue weighted by Crippen LogP contribution is -2.14. The summed E-state index contributed by atoms with van der Waals surface area (Å²) >= 11 is 0. The van der Waals surface area contributed by atoms with Crippen LogP contribution in [0, 0.1) is 0 Å². The molecule has 2 aromatic carbocycles. The number of methoxy groups -OCH3 is 2. The van der Waals surface area contributed by atoms with Crippen LogP contribution in [0.2, 0.25) is 0 Å². The van der Waals surface area contributed by atoms with Crippen molar-refractivity contribution in [2.24, 2.45) is 0 Å². The Kier molecular flexibility index (Phi) is 6.23. The van der Waals surface area contributed by atoms with Crippen molar-refractivity contribution >= 4 is 10.1 Å². The Morgan fingerprint density at radius 1 is 0.875 bits per heavy atom. The highest BCUT2D eigenvalue weighted by atomic mass is 32.2. The number of hydrogen-bond donors (Lipinski definition) is 0. The van der Waals surface area contributed by atoms with Crippen molar-refractivity contribution in [2.75, 3.05) is 27.1 Å². The minimum Gasteiger partial charge on any atom is -0.497 e. The van der Waals surface area contributed by atoms with Crippen LogP contribution in [-0.4, -0.2) is 35.5 Å². The van der Waals surface area contributed by atoms with E-state index < -0.39 is 10.1 Å². The Morgan fingerprint density at radius 3 is 1.83 bits per heavy atom. The lowest BCUT2D eigenvalue weighted by molar-refractivity contribution is 0.293. The van der Waals surface area contributed by atoms with Crippen LogP contribution in [-0.2, 0) is 20.7 Å². The molecule has 1 atom stereocenters. The molecule has 24 heavy (non-hydrogen) atoms. The van der Waals surface area contributed by atoms with Gasteiger partial charge in [0.1, 0.15) is 11.5 Å². The van der Waals surface area contributed by atoms with Gasteiger partial charge in [-0.1, -0.05) is 24.3 Å². The average Bonchev–Trinajstić information content (AvgIpc) is 2.58. The van der Waals surface area contributed by atoms with Crippen LogP contribution in [0.5, 0.6) is 11.5 Å². The number of ether oxygens (including phenoxy) is 2. The molecular weight excluding hydrogens is 328 g/mol. The molecular formula is C18H22O5S. The van der Waals surface area contributed by atoms with E-state index in [0.29, 0.717) is 6.42 Å². The summed E-state index contributed by atoms with van der Waals surface area (Å²) in [5.74, 6) is 1.46. The van der Waals surface area contributed by atoms with E-state index in [2.05, 4.69) is 0 Å². The SMILES string of the molecule is COc1ccc(C[C@H](COS(C)(=O)=O)c2ccc(OC)cc2)cc1. The summed E-state index contributed by atoms with van der Waals surface area (Å²) in [6.07, 6.45) is 1.72. The van der Waals surface area contributed by atoms with E-state index in [4.69, 9.17) is 13.7 Å². The summed E-state index contributed by atoms with van der Waals surface area (Å²) in [5.41, 5.74) is 2.07. The molecule has 0 radical (unpaired) electrons. The molecule has 0 fully saturated rings. The van der Waals surface area contributed by atoms with Gasteiger partial charge in [-0.15, -0.1) is 0 Å². The Morgan fingerprint density at radius 2 is 1.38 bits per heavy atom. The molecule has 0 bridgehead atoms. The molecule has 0 unspecified atom stereocenters. The van der Waals surface area contributed by atoms with Gasteiger partial charge in [0.2, 0.25) is 0 Å². The molecule has 0 saturated heterocycles. The second-order valence-corrected chi connectivity index (χ2v) is 7.15. The standard InChI is InChI=1S/C18H22O5S/c1-21-17-8-4-14(5-9-17)12-16(13-23-24(3,19)20)15-6-10-18(22-2)11-7-15/h4-11,16H,12-13H2,1-3H3/t16-/m1/s1. The molecule has 6 heteroatoms. The number of benzene rings is 2. The largest absolute Gasteiger partial charge is 0.497 e. The average molecular weight is 350 g/mol. The third kappa shape index (κ3) is 5.54. The monoisotopic (exact) mass is 350 g/mol. The van der Waals surface area contributed by atoms with E-state index in [-0.39, 0.29) is 12.5 Å². The lowest BCUT2D eigenvalue weighted by Gasteiger charge is -2.17. The first-order valence-electron chi connectivity index (χ1n) is 7.52. The molecule has 0 N–H and O–H groups in total. The lowest BCUT2D eigenvalue weighted by atomic mass is 9.92. The van der Waals surface area contributed by atoms with Crippen LogP contribution >= 0.6 is 0 Å². The quantitative estimate of drug-likeness (QED) is 0.685. The van der Waals surface area contributed by atoms with Gasteiger partial charge in [-0.3, -0.25) is 4.18 Å². The van der Waals surface area contributed by atoms with Crippen molar-refractivity contribution < 1.29 is 22.1 Å². The van der Waals surface area contributed by atoms with Gasteiger partial charge in [-0.25, -0.2) is 0 Å². The zero-order chi connectivity index (χ0) is 17.6. The molecule has 5 nitrogen and oxygen atoms in total. The zero-order valence-electron chi connectivity index (χ0n) is 14.1. The van der Waals surface area contributed by atoms with Gasteiger partial charge in [0.15, 0.2) is 0 Å². The van der Waals surface area contributed by atoms with Crippen LogP contribution in [0.15, 0.2) is 48.5 Å². The minimum absolute atomic E-state index is 0.0842. The van der Waals surface area contributed by atoms with Gasteiger partial charge in [0.25, 0.3) is 10.1 Å². The predicted octanol–water partition coefficient (Wildman–Crippen LogP) is 3.01. The Labute approximate surface area is 143 Å².